The van der Waals surface area contributed by atoms with E-state index in [1.165, 1.54) is 6.20 Å². The van der Waals surface area contributed by atoms with E-state index < -0.39 is 5.97 Å². The highest BCUT2D eigenvalue weighted by Crippen LogP contribution is 2.16. The van der Waals surface area contributed by atoms with Crippen molar-refractivity contribution in [3.8, 4) is 5.69 Å². The molecule has 0 aliphatic rings. The topological polar surface area (TPSA) is 55.1 Å². The third-order valence-corrected chi connectivity index (χ3v) is 2.71. The minimum atomic E-state index is -0.930. The standard InChI is InChI=1S/C13H14N2O2/c1-3-12-11(13(16)17)8-14-15(12)10-6-4-9(2)5-7-10/h4-8H,3H2,1-2H3,(H,16,17). The third kappa shape index (κ3) is 2.06. The molecule has 0 fully saturated rings. The lowest BCUT2D eigenvalue weighted by molar-refractivity contribution is 0.0695. The summed E-state index contributed by atoms with van der Waals surface area (Å²) in [4.78, 5) is 11.0. The Kier molecular flexibility index (Phi) is 2.95. The molecule has 0 amide bonds. The second kappa shape index (κ2) is 4.41. The first-order chi connectivity index (χ1) is 8.13. The molecular formula is C13H14N2O2. The highest BCUT2D eigenvalue weighted by Gasteiger charge is 2.15. The van der Waals surface area contributed by atoms with Gasteiger partial charge in [0.1, 0.15) is 5.56 Å². The summed E-state index contributed by atoms with van der Waals surface area (Å²) in [6.07, 6.45) is 2.04. The van der Waals surface area contributed by atoms with Crippen LogP contribution in [0.4, 0.5) is 0 Å². The van der Waals surface area contributed by atoms with Crippen LogP contribution in [0.5, 0.6) is 0 Å². The van der Waals surface area contributed by atoms with Gasteiger partial charge >= 0.3 is 5.97 Å². The fraction of sp³-hybridized carbons (Fsp3) is 0.231. The van der Waals surface area contributed by atoms with E-state index in [9.17, 15) is 4.79 Å². The van der Waals surface area contributed by atoms with Crippen LogP contribution in [0.3, 0.4) is 0 Å². The molecule has 1 heterocycles. The average molecular weight is 230 g/mol. The van der Waals surface area contributed by atoms with Crippen LogP contribution >= 0.6 is 0 Å². The van der Waals surface area contributed by atoms with Crippen molar-refractivity contribution >= 4 is 5.97 Å². The van der Waals surface area contributed by atoms with Crippen molar-refractivity contribution in [2.24, 2.45) is 0 Å². The fourth-order valence-corrected chi connectivity index (χ4v) is 1.80. The van der Waals surface area contributed by atoms with Gasteiger partial charge in [-0.3, -0.25) is 0 Å². The molecule has 0 spiro atoms. The molecule has 4 heteroatoms. The van der Waals surface area contributed by atoms with E-state index >= 15 is 0 Å². The highest BCUT2D eigenvalue weighted by molar-refractivity contribution is 5.88. The number of benzene rings is 1. The molecule has 1 aromatic heterocycles. The van der Waals surface area contributed by atoms with E-state index in [-0.39, 0.29) is 5.56 Å². The lowest BCUT2D eigenvalue weighted by Gasteiger charge is -2.06. The predicted molar refractivity (Wildman–Crippen MR) is 64.6 cm³/mol. The van der Waals surface area contributed by atoms with E-state index in [0.717, 1.165) is 16.9 Å². The Hall–Kier alpha value is -2.10. The number of hydrogen-bond donors (Lipinski definition) is 1. The molecule has 2 aromatic rings. The molecule has 0 atom stereocenters. The van der Waals surface area contributed by atoms with Gasteiger partial charge in [-0.2, -0.15) is 5.10 Å². The summed E-state index contributed by atoms with van der Waals surface area (Å²) in [5.41, 5.74) is 3.05. The second-order valence-corrected chi connectivity index (χ2v) is 3.91. The predicted octanol–water partition coefficient (Wildman–Crippen LogP) is 2.44. The van der Waals surface area contributed by atoms with E-state index in [0.29, 0.717) is 6.42 Å². The molecule has 88 valence electrons. The van der Waals surface area contributed by atoms with Crippen LogP contribution in [0, 0.1) is 6.92 Å². The minimum absolute atomic E-state index is 0.271. The monoisotopic (exact) mass is 230 g/mol. The molecule has 0 saturated heterocycles. The Morgan fingerprint density at radius 3 is 2.53 bits per heavy atom. The first-order valence-electron chi connectivity index (χ1n) is 5.50. The van der Waals surface area contributed by atoms with Crippen molar-refractivity contribution in [3.63, 3.8) is 0 Å². The number of carbonyl (C=O) groups is 1. The highest BCUT2D eigenvalue weighted by atomic mass is 16.4. The van der Waals surface area contributed by atoms with Gasteiger partial charge in [0, 0.05) is 0 Å². The van der Waals surface area contributed by atoms with Crippen LogP contribution in [-0.4, -0.2) is 20.9 Å². The lowest BCUT2D eigenvalue weighted by Crippen LogP contribution is -2.05. The second-order valence-electron chi connectivity index (χ2n) is 3.91. The van der Waals surface area contributed by atoms with Crippen molar-refractivity contribution in [3.05, 3.63) is 47.3 Å². The zero-order valence-corrected chi connectivity index (χ0v) is 9.84. The SMILES string of the molecule is CCc1c(C(=O)O)cnn1-c1ccc(C)cc1. The van der Waals surface area contributed by atoms with Gasteiger partial charge in [0.05, 0.1) is 17.6 Å². The van der Waals surface area contributed by atoms with Crippen molar-refractivity contribution in [2.75, 3.05) is 0 Å². The molecule has 1 aromatic carbocycles. The van der Waals surface area contributed by atoms with Gasteiger partial charge in [-0.25, -0.2) is 9.48 Å². The van der Waals surface area contributed by atoms with Crippen molar-refractivity contribution in [1.29, 1.82) is 0 Å². The first-order valence-corrected chi connectivity index (χ1v) is 5.50. The molecule has 0 aliphatic carbocycles. The minimum Gasteiger partial charge on any atom is -0.478 e. The summed E-state index contributed by atoms with van der Waals surface area (Å²) in [5, 5.41) is 13.2. The molecule has 0 saturated carbocycles. The normalized spacial score (nSPS) is 10.5. The van der Waals surface area contributed by atoms with Crippen LogP contribution in [0.15, 0.2) is 30.5 Å². The summed E-state index contributed by atoms with van der Waals surface area (Å²) in [5.74, 6) is -0.930. The van der Waals surface area contributed by atoms with E-state index in [1.54, 1.807) is 4.68 Å². The molecule has 0 radical (unpaired) electrons. The summed E-state index contributed by atoms with van der Waals surface area (Å²) in [7, 11) is 0. The van der Waals surface area contributed by atoms with Gasteiger partial charge < -0.3 is 5.11 Å². The maximum Gasteiger partial charge on any atom is 0.339 e. The number of aryl methyl sites for hydroxylation is 1. The molecule has 0 bridgehead atoms. The van der Waals surface area contributed by atoms with Gasteiger partial charge in [0.15, 0.2) is 0 Å². The van der Waals surface area contributed by atoms with E-state index in [2.05, 4.69) is 5.10 Å². The van der Waals surface area contributed by atoms with Crippen molar-refractivity contribution in [2.45, 2.75) is 20.3 Å². The third-order valence-electron chi connectivity index (χ3n) is 2.71. The Morgan fingerprint density at radius 2 is 2.00 bits per heavy atom. The summed E-state index contributed by atoms with van der Waals surface area (Å²) < 4.78 is 1.68. The van der Waals surface area contributed by atoms with Crippen LogP contribution in [0.25, 0.3) is 5.69 Å². The number of rotatable bonds is 3. The van der Waals surface area contributed by atoms with Crippen LogP contribution < -0.4 is 0 Å². The largest absolute Gasteiger partial charge is 0.478 e. The summed E-state index contributed by atoms with van der Waals surface area (Å²) in [6, 6.07) is 7.84. The van der Waals surface area contributed by atoms with Crippen LogP contribution in [0.1, 0.15) is 28.5 Å². The smallest absolute Gasteiger partial charge is 0.339 e. The van der Waals surface area contributed by atoms with Gasteiger partial charge in [-0.05, 0) is 25.5 Å². The number of nitrogens with zero attached hydrogens (tertiary/aromatic N) is 2. The number of carboxylic acids is 1. The van der Waals surface area contributed by atoms with Crippen molar-refractivity contribution in [1.82, 2.24) is 9.78 Å². The van der Waals surface area contributed by atoms with Crippen LogP contribution in [0.2, 0.25) is 0 Å². The molecule has 0 aliphatic heterocycles. The first kappa shape index (κ1) is 11.4. The zero-order chi connectivity index (χ0) is 12.4. The van der Waals surface area contributed by atoms with Gasteiger partial charge in [-0.1, -0.05) is 24.6 Å². The molecule has 0 unspecified atom stereocenters. The number of aromatic nitrogens is 2. The maximum absolute atomic E-state index is 11.0. The fourth-order valence-electron chi connectivity index (χ4n) is 1.80. The molecule has 2 rings (SSSR count). The maximum atomic E-state index is 11.0. The van der Waals surface area contributed by atoms with E-state index in [1.807, 2.05) is 38.1 Å². The lowest BCUT2D eigenvalue weighted by atomic mass is 10.2. The Balaban J connectivity index is 2.52. The average Bonchev–Trinajstić information content (AvgIpc) is 2.73. The summed E-state index contributed by atoms with van der Waals surface area (Å²) in [6.45, 7) is 3.93. The van der Waals surface area contributed by atoms with Crippen LogP contribution in [-0.2, 0) is 6.42 Å². The number of carboxylic acid groups (broad SMARTS) is 1. The zero-order valence-electron chi connectivity index (χ0n) is 9.84. The molecule has 17 heavy (non-hydrogen) atoms. The Morgan fingerprint density at radius 1 is 1.35 bits per heavy atom. The molecule has 1 N–H and O–H groups in total. The van der Waals surface area contributed by atoms with E-state index in [4.69, 9.17) is 5.11 Å². The van der Waals surface area contributed by atoms with Gasteiger partial charge in [-0.15, -0.1) is 0 Å². The van der Waals surface area contributed by atoms with Crippen molar-refractivity contribution < 1.29 is 9.90 Å². The number of hydrogen-bond acceptors (Lipinski definition) is 2. The Labute approximate surface area is 99.5 Å². The van der Waals surface area contributed by atoms with Gasteiger partial charge in [0.25, 0.3) is 0 Å². The molecule has 4 nitrogen and oxygen atoms in total. The quantitative estimate of drug-likeness (QED) is 0.881. The number of aromatic carboxylic acids is 1. The summed E-state index contributed by atoms with van der Waals surface area (Å²) >= 11 is 0. The van der Waals surface area contributed by atoms with Gasteiger partial charge in [0.2, 0.25) is 0 Å². The molecular weight excluding hydrogens is 216 g/mol. The Bertz CT molecular complexity index is 541.